The molecule has 3 aromatic rings. The molecular weight excluding hydrogens is 382 g/mol. The van der Waals surface area contributed by atoms with Gasteiger partial charge in [-0.3, -0.25) is 4.79 Å². The number of nitrogens with one attached hydrogen (secondary N) is 4. The molecule has 2 aromatic carbocycles. The first-order valence-corrected chi connectivity index (χ1v) is 9.89. The van der Waals surface area contributed by atoms with Crippen molar-refractivity contribution in [1.29, 1.82) is 0 Å². The third-order valence-electron chi connectivity index (χ3n) is 4.67. The van der Waals surface area contributed by atoms with E-state index in [1.807, 2.05) is 38.1 Å². The van der Waals surface area contributed by atoms with E-state index in [1.165, 1.54) is 0 Å². The zero-order valence-corrected chi connectivity index (χ0v) is 17.4. The maximum Gasteiger partial charge on any atom is 0.319 e. The zero-order chi connectivity index (χ0) is 21.5. The summed E-state index contributed by atoms with van der Waals surface area (Å²) in [5.41, 5.74) is 2.44. The summed E-state index contributed by atoms with van der Waals surface area (Å²) < 4.78 is 5.08. The molecule has 1 aromatic heterocycles. The minimum Gasteiger partial charge on any atom is -0.497 e. The number of ether oxygens (including phenoxy) is 1. The normalized spacial score (nSPS) is 11.9. The lowest BCUT2D eigenvalue weighted by atomic mass is 10.0. The zero-order valence-electron chi connectivity index (χ0n) is 17.4. The first kappa shape index (κ1) is 21.2. The number of rotatable bonds is 8. The number of benzene rings is 2. The van der Waals surface area contributed by atoms with Crippen LogP contribution in [0.2, 0.25) is 0 Å². The van der Waals surface area contributed by atoms with Gasteiger partial charge in [0.15, 0.2) is 0 Å². The molecular formula is C22H27N5O3. The van der Waals surface area contributed by atoms with Crippen molar-refractivity contribution < 1.29 is 14.3 Å². The molecule has 1 heterocycles. The number of hydrogen-bond donors (Lipinski definition) is 4. The average Bonchev–Trinajstić information content (AvgIpc) is 3.16. The molecule has 0 saturated heterocycles. The summed E-state index contributed by atoms with van der Waals surface area (Å²) in [6.45, 7) is 4.27. The molecule has 0 spiro atoms. The molecule has 8 nitrogen and oxygen atoms in total. The van der Waals surface area contributed by atoms with Crippen molar-refractivity contribution in [2.45, 2.75) is 26.3 Å². The van der Waals surface area contributed by atoms with E-state index in [2.05, 4.69) is 25.9 Å². The fourth-order valence-electron chi connectivity index (χ4n) is 3.06. The van der Waals surface area contributed by atoms with Crippen molar-refractivity contribution in [2.75, 3.05) is 19.0 Å². The number of hydrogen-bond acceptors (Lipinski definition) is 4. The molecule has 4 N–H and O–H groups in total. The van der Waals surface area contributed by atoms with E-state index in [4.69, 9.17) is 4.74 Å². The quantitative estimate of drug-likeness (QED) is 0.456. The number of fused-ring (bicyclic) bond motifs is 1. The van der Waals surface area contributed by atoms with Crippen molar-refractivity contribution in [3.63, 3.8) is 0 Å². The van der Waals surface area contributed by atoms with Crippen molar-refractivity contribution >= 4 is 28.7 Å². The van der Waals surface area contributed by atoms with Gasteiger partial charge in [-0.15, -0.1) is 0 Å². The van der Waals surface area contributed by atoms with Crippen molar-refractivity contribution in [1.82, 2.24) is 20.6 Å². The molecule has 0 aliphatic carbocycles. The molecule has 0 aliphatic heterocycles. The van der Waals surface area contributed by atoms with Crippen LogP contribution in [0, 0.1) is 5.92 Å². The van der Waals surface area contributed by atoms with E-state index in [9.17, 15) is 9.59 Å². The van der Waals surface area contributed by atoms with Crippen molar-refractivity contribution in [3.05, 3.63) is 54.4 Å². The maximum atomic E-state index is 12.4. The van der Waals surface area contributed by atoms with Crippen LogP contribution in [0.5, 0.6) is 5.75 Å². The van der Waals surface area contributed by atoms with Gasteiger partial charge in [-0.25, -0.2) is 9.78 Å². The Morgan fingerprint density at radius 3 is 2.50 bits per heavy atom. The molecule has 30 heavy (non-hydrogen) atoms. The first-order chi connectivity index (χ1) is 14.5. The predicted molar refractivity (Wildman–Crippen MR) is 116 cm³/mol. The number of urea groups is 1. The number of amides is 3. The van der Waals surface area contributed by atoms with Crippen LogP contribution in [-0.2, 0) is 4.79 Å². The molecule has 158 valence electrons. The highest BCUT2D eigenvalue weighted by Gasteiger charge is 2.21. The Morgan fingerprint density at radius 1 is 1.10 bits per heavy atom. The van der Waals surface area contributed by atoms with Crippen LogP contribution >= 0.6 is 0 Å². The summed E-state index contributed by atoms with van der Waals surface area (Å²) in [6.07, 6.45) is 0.166. The molecule has 0 radical (unpaired) electrons. The van der Waals surface area contributed by atoms with Gasteiger partial charge in [-0.2, -0.15) is 0 Å². The lowest BCUT2D eigenvalue weighted by molar-refractivity contribution is -0.122. The van der Waals surface area contributed by atoms with Gasteiger partial charge < -0.3 is 25.7 Å². The lowest BCUT2D eigenvalue weighted by Gasteiger charge is -2.20. The second kappa shape index (κ2) is 9.78. The molecule has 0 fully saturated rings. The van der Waals surface area contributed by atoms with Crippen LogP contribution in [0.25, 0.3) is 11.0 Å². The van der Waals surface area contributed by atoms with Gasteiger partial charge in [0.25, 0.3) is 0 Å². The Hall–Kier alpha value is -3.55. The summed E-state index contributed by atoms with van der Waals surface area (Å²) in [5.74, 6) is 1.44. The largest absolute Gasteiger partial charge is 0.497 e. The number of H-pyrrole nitrogens is 1. The smallest absolute Gasteiger partial charge is 0.319 e. The third-order valence-corrected chi connectivity index (χ3v) is 4.67. The minimum atomic E-state index is -0.370. The van der Waals surface area contributed by atoms with Crippen LogP contribution < -0.4 is 20.7 Å². The highest BCUT2D eigenvalue weighted by molar-refractivity contribution is 5.89. The van der Waals surface area contributed by atoms with Crippen LogP contribution in [-0.4, -0.2) is 35.6 Å². The Kier molecular flexibility index (Phi) is 6.90. The second-order valence-electron chi connectivity index (χ2n) is 7.29. The molecule has 0 unspecified atom stereocenters. The van der Waals surface area contributed by atoms with Gasteiger partial charge in [0.2, 0.25) is 5.91 Å². The monoisotopic (exact) mass is 409 g/mol. The summed E-state index contributed by atoms with van der Waals surface area (Å²) in [6, 6.07) is 14.1. The van der Waals surface area contributed by atoms with E-state index in [-0.39, 0.29) is 36.9 Å². The number of nitrogens with zero attached hydrogens (tertiary/aromatic N) is 1. The van der Waals surface area contributed by atoms with Crippen molar-refractivity contribution in [2.24, 2.45) is 5.92 Å². The van der Waals surface area contributed by atoms with Gasteiger partial charge in [0.1, 0.15) is 11.6 Å². The third kappa shape index (κ3) is 5.50. The van der Waals surface area contributed by atoms with Crippen molar-refractivity contribution in [3.8, 4) is 5.75 Å². The standard InChI is InChI=1S/C22H27N5O3/c1-14(2)20(21-25-17-6-4-5-7-18(17)26-21)27-19(28)12-13-23-22(29)24-15-8-10-16(30-3)11-9-15/h4-11,14,20H,12-13H2,1-3H3,(H,25,26)(H,27,28)(H2,23,24,29)/t20-/m0/s1. The fourth-order valence-corrected chi connectivity index (χ4v) is 3.06. The van der Waals surface area contributed by atoms with Gasteiger partial charge in [0.05, 0.1) is 24.2 Å². The topological polar surface area (TPSA) is 108 Å². The summed E-state index contributed by atoms with van der Waals surface area (Å²) in [7, 11) is 1.58. The second-order valence-corrected chi connectivity index (χ2v) is 7.29. The SMILES string of the molecule is COc1ccc(NC(=O)NCCC(=O)N[C@H](c2nc3ccccc3[nH]2)C(C)C)cc1. The number of carbonyl (C=O) groups excluding carboxylic acids is 2. The number of para-hydroxylation sites is 2. The Balaban J connectivity index is 1.48. The molecule has 0 bridgehead atoms. The van der Waals surface area contributed by atoms with Gasteiger partial charge >= 0.3 is 6.03 Å². The van der Waals surface area contributed by atoms with Gasteiger partial charge in [-0.05, 0) is 42.3 Å². The van der Waals surface area contributed by atoms with Crippen LogP contribution in [0.3, 0.4) is 0 Å². The van der Waals surface area contributed by atoms with E-state index >= 15 is 0 Å². The predicted octanol–water partition coefficient (Wildman–Crippen LogP) is 3.60. The molecule has 8 heteroatoms. The number of anilines is 1. The number of imidazole rings is 1. The van der Waals surface area contributed by atoms with Crippen LogP contribution in [0.1, 0.15) is 32.1 Å². The molecule has 1 atom stereocenters. The average molecular weight is 409 g/mol. The van der Waals surface area contributed by atoms with Gasteiger partial charge in [0, 0.05) is 18.7 Å². The Bertz CT molecular complexity index is 964. The number of methoxy groups -OCH3 is 1. The van der Waals surface area contributed by atoms with E-state index in [0.717, 1.165) is 16.9 Å². The first-order valence-electron chi connectivity index (χ1n) is 9.89. The number of aromatic amines is 1. The minimum absolute atomic E-state index is 0.154. The molecule has 0 saturated carbocycles. The summed E-state index contributed by atoms with van der Waals surface area (Å²) >= 11 is 0. The lowest BCUT2D eigenvalue weighted by Crippen LogP contribution is -2.36. The van der Waals surface area contributed by atoms with Crippen LogP contribution in [0.4, 0.5) is 10.5 Å². The highest BCUT2D eigenvalue weighted by Crippen LogP contribution is 2.22. The molecule has 3 amide bonds. The van der Waals surface area contributed by atoms with E-state index < -0.39 is 0 Å². The fraction of sp³-hybridized carbons (Fsp3) is 0.318. The maximum absolute atomic E-state index is 12.4. The Labute approximate surface area is 175 Å². The molecule has 3 rings (SSSR count). The number of carbonyl (C=O) groups is 2. The summed E-state index contributed by atoms with van der Waals surface area (Å²) in [5, 5.41) is 8.41. The summed E-state index contributed by atoms with van der Waals surface area (Å²) in [4.78, 5) is 32.3. The number of aromatic nitrogens is 2. The van der Waals surface area contributed by atoms with Gasteiger partial charge in [-0.1, -0.05) is 26.0 Å². The van der Waals surface area contributed by atoms with E-state index in [1.54, 1.807) is 31.4 Å². The van der Waals surface area contributed by atoms with Crippen LogP contribution in [0.15, 0.2) is 48.5 Å². The van der Waals surface area contributed by atoms with E-state index in [0.29, 0.717) is 11.4 Å². The Morgan fingerprint density at radius 2 is 1.83 bits per heavy atom. The molecule has 0 aliphatic rings. The highest BCUT2D eigenvalue weighted by atomic mass is 16.5.